The first kappa shape index (κ1) is 21.5. The van der Waals surface area contributed by atoms with Crippen LogP contribution in [-0.4, -0.2) is 24.4 Å². The molecule has 2 amide bonds. The summed E-state index contributed by atoms with van der Waals surface area (Å²) in [6, 6.07) is 7.03. The van der Waals surface area contributed by atoms with Gasteiger partial charge in [-0.2, -0.15) is 0 Å². The Hall–Kier alpha value is -1.59. The number of hydrogen-bond acceptors (Lipinski definition) is 3. The molecule has 1 aliphatic carbocycles. The first-order valence-corrected chi connectivity index (χ1v) is 8.93. The zero-order valence-electron chi connectivity index (χ0n) is 15.1. The van der Waals surface area contributed by atoms with E-state index in [0.717, 1.165) is 12.8 Å². The lowest BCUT2D eigenvalue weighted by Crippen LogP contribution is -2.45. The first-order valence-electron chi connectivity index (χ1n) is 8.93. The van der Waals surface area contributed by atoms with Gasteiger partial charge in [0, 0.05) is 29.8 Å². The molecule has 1 aliphatic rings. The number of benzene rings is 1. The maximum atomic E-state index is 12.4. The molecule has 0 spiro atoms. The summed E-state index contributed by atoms with van der Waals surface area (Å²) in [6.45, 7) is 4.16. The molecule has 0 heterocycles. The van der Waals surface area contributed by atoms with Crippen LogP contribution in [0.15, 0.2) is 24.3 Å². The molecule has 1 unspecified atom stereocenters. The number of nitrogens with one attached hydrogen (secondary N) is 2. The highest BCUT2D eigenvalue weighted by Crippen LogP contribution is 2.26. The smallest absolute Gasteiger partial charge is 0.251 e. The van der Waals surface area contributed by atoms with Crippen molar-refractivity contribution in [3.05, 3.63) is 29.8 Å². The van der Waals surface area contributed by atoms with Crippen molar-refractivity contribution in [2.24, 2.45) is 17.6 Å². The number of rotatable bonds is 6. The molecule has 1 fully saturated rings. The third kappa shape index (κ3) is 6.33. The van der Waals surface area contributed by atoms with E-state index in [4.69, 9.17) is 5.73 Å². The Morgan fingerprint density at radius 2 is 1.72 bits per heavy atom. The van der Waals surface area contributed by atoms with Crippen molar-refractivity contribution >= 4 is 29.9 Å². The standard InChI is InChI=1S/C19H29N3O2.ClH/c1-13(2)18(23)21-16-10-8-15(9-11-16)19(24)22-17(12-20)14-6-4-3-5-7-14;/h8-11,13-14,17H,3-7,12,20H2,1-2H3,(H,21,23)(H,22,24);1H. The molecule has 6 heteroatoms. The molecule has 1 aromatic rings. The maximum Gasteiger partial charge on any atom is 0.251 e. The number of carbonyl (C=O) groups is 2. The normalized spacial score (nSPS) is 16.0. The van der Waals surface area contributed by atoms with E-state index in [2.05, 4.69) is 10.6 Å². The molecule has 1 atom stereocenters. The molecule has 2 rings (SSSR count). The summed E-state index contributed by atoms with van der Waals surface area (Å²) in [5.74, 6) is 0.275. The second-order valence-corrected chi connectivity index (χ2v) is 6.94. The molecule has 0 aromatic heterocycles. The fourth-order valence-electron chi connectivity index (χ4n) is 3.15. The van der Waals surface area contributed by atoms with E-state index in [1.54, 1.807) is 24.3 Å². The minimum absolute atomic E-state index is 0. The Balaban J connectivity index is 0.00000312. The Morgan fingerprint density at radius 1 is 1.12 bits per heavy atom. The highest BCUT2D eigenvalue weighted by Gasteiger charge is 2.24. The van der Waals surface area contributed by atoms with Gasteiger partial charge in [-0.05, 0) is 43.0 Å². The zero-order chi connectivity index (χ0) is 17.5. The SMILES string of the molecule is CC(C)C(=O)Nc1ccc(C(=O)NC(CN)C2CCCCC2)cc1.Cl. The Morgan fingerprint density at radius 3 is 2.24 bits per heavy atom. The number of amides is 2. The molecule has 4 N–H and O–H groups in total. The predicted octanol–water partition coefficient (Wildman–Crippen LogP) is 3.34. The summed E-state index contributed by atoms with van der Waals surface area (Å²) in [6.07, 6.45) is 6.01. The van der Waals surface area contributed by atoms with Gasteiger partial charge >= 0.3 is 0 Å². The van der Waals surface area contributed by atoms with Crippen LogP contribution in [-0.2, 0) is 4.79 Å². The van der Waals surface area contributed by atoms with E-state index in [9.17, 15) is 9.59 Å². The van der Waals surface area contributed by atoms with E-state index in [0.29, 0.717) is 23.7 Å². The van der Waals surface area contributed by atoms with Gasteiger partial charge in [-0.25, -0.2) is 0 Å². The predicted molar refractivity (Wildman–Crippen MR) is 104 cm³/mol. The Labute approximate surface area is 156 Å². The van der Waals surface area contributed by atoms with Crippen LogP contribution in [0.4, 0.5) is 5.69 Å². The first-order chi connectivity index (χ1) is 11.5. The lowest BCUT2D eigenvalue weighted by atomic mass is 9.84. The largest absolute Gasteiger partial charge is 0.348 e. The van der Waals surface area contributed by atoms with Crippen LogP contribution in [0.3, 0.4) is 0 Å². The summed E-state index contributed by atoms with van der Waals surface area (Å²) in [7, 11) is 0. The molecule has 0 bridgehead atoms. The summed E-state index contributed by atoms with van der Waals surface area (Å²) in [5.41, 5.74) is 7.17. The van der Waals surface area contributed by atoms with Gasteiger partial charge in [0.15, 0.2) is 0 Å². The van der Waals surface area contributed by atoms with Crippen LogP contribution >= 0.6 is 12.4 Å². The molecular formula is C19H30ClN3O2. The van der Waals surface area contributed by atoms with Gasteiger partial charge in [0.05, 0.1) is 0 Å². The minimum atomic E-state index is -0.0993. The molecule has 0 saturated heterocycles. The molecule has 5 nitrogen and oxygen atoms in total. The molecule has 0 aliphatic heterocycles. The fraction of sp³-hybridized carbons (Fsp3) is 0.579. The average molecular weight is 368 g/mol. The highest BCUT2D eigenvalue weighted by atomic mass is 35.5. The zero-order valence-corrected chi connectivity index (χ0v) is 15.9. The van der Waals surface area contributed by atoms with Crippen LogP contribution in [0.1, 0.15) is 56.3 Å². The van der Waals surface area contributed by atoms with Crippen molar-refractivity contribution in [3.63, 3.8) is 0 Å². The van der Waals surface area contributed by atoms with E-state index < -0.39 is 0 Å². The lowest BCUT2D eigenvalue weighted by molar-refractivity contribution is -0.118. The summed E-state index contributed by atoms with van der Waals surface area (Å²) in [4.78, 5) is 24.1. The quantitative estimate of drug-likeness (QED) is 0.720. The summed E-state index contributed by atoms with van der Waals surface area (Å²) < 4.78 is 0. The third-order valence-corrected chi connectivity index (χ3v) is 4.73. The fourth-order valence-corrected chi connectivity index (χ4v) is 3.15. The molecular weight excluding hydrogens is 338 g/mol. The van der Waals surface area contributed by atoms with Gasteiger partial charge in [-0.15, -0.1) is 12.4 Å². The summed E-state index contributed by atoms with van der Waals surface area (Å²) in [5, 5.41) is 5.90. The van der Waals surface area contributed by atoms with E-state index in [1.807, 2.05) is 13.8 Å². The average Bonchev–Trinajstić information content (AvgIpc) is 2.60. The Bertz CT molecular complexity index is 554. The van der Waals surface area contributed by atoms with E-state index >= 15 is 0 Å². The minimum Gasteiger partial charge on any atom is -0.348 e. The molecule has 25 heavy (non-hydrogen) atoms. The van der Waals surface area contributed by atoms with Crippen molar-refractivity contribution in [2.75, 3.05) is 11.9 Å². The van der Waals surface area contributed by atoms with Crippen LogP contribution < -0.4 is 16.4 Å². The molecule has 1 saturated carbocycles. The topological polar surface area (TPSA) is 84.2 Å². The van der Waals surface area contributed by atoms with Crippen molar-refractivity contribution < 1.29 is 9.59 Å². The van der Waals surface area contributed by atoms with Gasteiger partial charge in [-0.1, -0.05) is 33.1 Å². The molecule has 140 valence electrons. The number of anilines is 1. The summed E-state index contributed by atoms with van der Waals surface area (Å²) >= 11 is 0. The highest BCUT2D eigenvalue weighted by molar-refractivity contribution is 5.96. The third-order valence-electron chi connectivity index (χ3n) is 4.73. The van der Waals surface area contributed by atoms with Gasteiger partial charge in [-0.3, -0.25) is 9.59 Å². The van der Waals surface area contributed by atoms with Gasteiger partial charge in [0.2, 0.25) is 5.91 Å². The second kappa shape index (κ2) is 10.4. The number of hydrogen-bond donors (Lipinski definition) is 3. The van der Waals surface area contributed by atoms with Crippen molar-refractivity contribution in [1.82, 2.24) is 5.32 Å². The molecule has 1 aromatic carbocycles. The van der Waals surface area contributed by atoms with Crippen molar-refractivity contribution in [2.45, 2.75) is 52.0 Å². The van der Waals surface area contributed by atoms with Crippen LogP contribution in [0, 0.1) is 11.8 Å². The monoisotopic (exact) mass is 367 g/mol. The van der Waals surface area contributed by atoms with Crippen LogP contribution in [0.25, 0.3) is 0 Å². The number of carbonyl (C=O) groups excluding carboxylic acids is 2. The second-order valence-electron chi connectivity index (χ2n) is 6.94. The molecule has 0 radical (unpaired) electrons. The number of halogens is 1. The van der Waals surface area contributed by atoms with E-state index in [1.165, 1.54) is 19.3 Å². The van der Waals surface area contributed by atoms with Gasteiger partial charge in [0.25, 0.3) is 5.91 Å². The van der Waals surface area contributed by atoms with Crippen molar-refractivity contribution in [3.8, 4) is 0 Å². The van der Waals surface area contributed by atoms with E-state index in [-0.39, 0.29) is 36.2 Å². The lowest BCUT2D eigenvalue weighted by Gasteiger charge is -2.30. The van der Waals surface area contributed by atoms with Crippen molar-refractivity contribution in [1.29, 1.82) is 0 Å². The van der Waals surface area contributed by atoms with Gasteiger partial charge < -0.3 is 16.4 Å². The van der Waals surface area contributed by atoms with Crippen LogP contribution in [0.5, 0.6) is 0 Å². The van der Waals surface area contributed by atoms with Gasteiger partial charge in [0.1, 0.15) is 0 Å². The maximum absolute atomic E-state index is 12.4. The number of nitrogens with two attached hydrogens (primary N) is 1. The Kier molecular flexibility index (Phi) is 8.93. The van der Waals surface area contributed by atoms with Crippen LogP contribution in [0.2, 0.25) is 0 Å².